The van der Waals surface area contributed by atoms with Crippen molar-refractivity contribution in [2.75, 3.05) is 0 Å². The van der Waals surface area contributed by atoms with Gasteiger partial charge in [-0.15, -0.1) is 0 Å². The van der Waals surface area contributed by atoms with Gasteiger partial charge in [-0.3, -0.25) is 10.1 Å². The molecule has 0 bridgehead atoms. The summed E-state index contributed by atoms with van der Waals surface area (Å²) in [6.07, 6.45) is -1.24. The first-order chi connectivity index (χ1) is 12.0. The van der Waals surface area contributed by atoms with Crippen LogP contribution in [0.2, 0.25) is 0 Å². The summed E-state index contributed by atoms with van der Waals surface area (Å²) in [7, 11) is -3.85. The summed E-state index contributed by atoms with van der Waals surface area (Å²) in [5.41, 5.74) is -1.14. The normalized spacial score (nSPS) is 23.4. The highest BCUT2D eigenvalue weighted by Crippen LogP contribution is 2.37. The Balaban J connectivity index is 2.71. The summed E-state index contributed by atoms with van der Waals surface area (Å²) < 4.78 is 26.9. The molecule has 9 heteroatoms. The standard InChI is InChI=1S/C17H28N4O4S/c1-12(2)18-16(21(22)23)19(13(3)4)20(14(5)6)17(18)26(24,25)15-10-8-7-9-11-15/h7-14,16-17H,1-6H3. The lowest BCUT2D eigenvalue weighted by atomic mass is 10.3. The maximum Gasteiger partial charge on any atom is 0.343 e. The van der Waals surface area contributed by atoms with Crippen LogP contribution in [-0.4, -0.2) is 58.2 Å². The van der Waals surface area contributed by atoms with Crippen LogP contribution in [0.15, 0.2) is 35.2 Å². The molecule has 0 radical (unpaired) electrons. The molecule has 1 aromatic carbocycles. The fourth-order valence-electron chi connectivity index (χ4n) is 3.44. The molecule has 1 aromatic rings. The number of hydrogen-bond donors (Lipinski definition) is 0. The van der Waals surface area contributed by atoms with E-state index in [0.717, 1.165) is 0 Å². The second-order valence-electron chi connectivity index (χ2n) is 7.30. The number of hydrogen-bond acceptors (Lipinski definition) is 7. The van der Waals surface area contributed by atoms with E-state index in [4.69, 9.17) is 0 Å². The molecule has 1 aliphatic rings. The predicted octanol–water partition coefficient (Wildman–Crippen LogP) is 2.36. The van der Waals surface area contributed by atoms with Gasteiger partial charge in [-0.25, -0.2) is 13.4 Å². The molecule has 0 aliphatic carbocycles. The van der Waals surface area contributed by atoms with E-state index in [1.165, 1.54) is 17.0 Å². The molecule has 0 spiro atoms. The smallest absolute Gasteiger partial charge is 0.261 e. The van der Waals surface area contributed by atoms with Crippen LogP contribution in [0, 0.1) is 10.1 Å². The summed E-state index contributed by atoms with van der Waals surface area (Å²) in [6, 6.07) is 7.33. The lowest BCUT2D eigenvalue weighted by molar-refractivity contribution is -0.580. The average Bonchev–Trinajstić information content (AvgIpc) is 2.93. The summed E-state index contributed by atoms with van der Waals surface area (Å²) in [5, 5.41) is 15.1. The molecule has 2 atom stereocenters. The second-order valence-corrected chi connectivity index (χ2v) is 9.29. The Hall–Kier alpha value is -1.55. The highest BCUT2D eigenvalue weighted by Gasteiger charge is 2.59. The van der Waals surface area contributed by atoms with Crippen molar-refractivity contribution in [2.24, 2.45) is 0 Å². The third kappa shape index (κ3) is 3.48. The third-order valence-corrected chi connectivity index (χ3v) is 6.39. The maximum atomic E-state index is 13.5. The second kappa shape index (κ2) is 7.59. The van der Waals surface area contributed by atoms with Gasteiger partial charge in [-0.2, -0.15) is 9.91 Å². The quantitative estimate of drug-likeness (QED) is 0.549. The van der Waals surface area contributed by atoms with Crippen molar-refractivity contribution >= 4 is 9.84 Å². The van der Waals surface area contributed by atoms with Crippen LogP contribution in [-0.2, 0) is 9.84 Å². The van der Waals surface area contributed by atoms with Gasteiger partial charge in [0.2, 0.25) is 9.84 Å². The molecule has 0 N–H and O–H groups in total. The van der Waals surface area contributed by atoms with E-state index in [1.807, 2.05) is 27.7 Å². The molecule has 1 fully saturated rings. The number of nitrogens with zero attached hydrogens (tertiary/aromatic N) is 4. The SMILES string of the molecule is CC(C)N1C([N+](=O)[O-])N(C(C)C)N(C(C)C)C1S(=O)(=O)c1ccccc1. The predicted molar refractivity (Wildman–Crippen MR) is 99.1 cm³/mol. The van der Waals surface area contributed by atoms with E-state index in [9.17, 15) is 18.5 Å². The van der Waals surface area contributed by atoms with Crippen molar-refractivity contribution in [3.05, 3.63) is 40.4 Å². The number of benzene rings is 1. The fourth-order valence-corrected chi connectivity index (χ4v) is 5.53. The molecule has 0 amide bonds. The van der Waals surface area contributed by atoms with Crippen molar-refractivity contribution in [3.63, 3.8) is 0 Å². The number of hydrazine groups is 1. The van der Waals surface area contributed by atoms with Gasteiger partial charge in [0.15, 0.2) is 5.50 Å². The lowest BCUT2D eigenvalue weighted by Crippen LogP contribution is -2.53. The van der Waals surface area contributed by atoms with Crippen molar-refractivity contribution < 1.29 is 13.3 Å². The number of rotatable bonds is 6. The van der Waals surface area contributed by atoms with Crippen LogP contribution < -0.4 is 0 Å². The number of nitro groups is 1. The molecule has 2 rings (SSSR count). The van der Waals surface area contributed by atoms with Crippen LogP contribution in [0.1, 0.15) is 41.5 Å². The molecular weight excluding hydrogens is 356 g/mol. The number of sulfone groups is 1. The highest BCUT2D eigenvalue weighted by atomic mass is 32.2. The van der Waals surface area contributed by atoms with Crippen LogP contribution in [0.3, 0.4) is 0 Å². The first-order valence-electron chi connectivity index (χ1n) is 8.78. The third-order valence-electron chi connectivity index (χ3n) is 4.44. The van der Waals surface area contributed by atoms with Gasteiger partial charge in [-0.1, -0.05) is 18.2 Å². The Labute approximate surface area is 155 Å². The van der Waals surface area contributed by atoms with Gasteiger partial charge in [0.05, 0.1) is 9.82 Å². The molecule has 2 unspecified atom stereocenters. The molecule has 146 valence electrons. The molecule has 0 saturated carbocycles. The van der Waals surface area contributed by atoms with Gasteiger partial charge in [0.25, 0.3) is 0 Å². The molecule has 1 heterocycles. The molecule has 26 heavy (non-hydrogen) atoms. The summed E-state index contributed by atoms with van der Waals surface area (Å²) >= 11 is 0. The van der Waals surface area contributed by atoms with Crippen LogP contribution >= 0.6 is 0 Å². The minimum Gasteiger partial charge on any atom is -0.261 e. The van der Waals surface area contributed by atoms with Gasteiger partial charge in [0, 0.05) is 18.1 Å². The zero-order chi connectivity index (χ0) is 19.8. The van der Waals surface area contributed by atoms with Crippen molar-refractivity contribution in [1.29, 1.82) is 0 Å². The van der Waals surface area contributed by atoms with Gasteiger partial charge < -0.3 is 0 Å². The van der Waals surface area contributed by atoms with Gasteiger partial charge in [0.1, 0.15) is 0 Å². The van der Waals surface area contributed by atoms with Crippen LogP contribution in [0.4, 0.5) is 0 Å². The Kier molecular flexibility index (Phi) is 6.06. The highest BCUT2D eigenvalue weighted by molar-refractivity contribution is 7.92. The minimum absolute atomic E-state index is 0.161. The summed E-state index contributed by atoms with van der Waals surface area (Å²) in [6.45, 7) is 10.9. The molecular formula is C17H28N4O4S. The topological polar surface area (TPSA) is 87.0 Å². The first kappa shape index (κ1) is 20.8. The van der Waals surface area contributed by atoms with Gasteiger partial charge >= 0.3 is 6.29 Å². The fraction of sp³-hybridized carbons (Fsp3) is 0.647. The van der Waals surface area contributed by atoms with Crippen molar-refractivity contribution in [1.82, 2.24) is 14.9 Å². The van der Waals surface area contributed by atoms with Crippen LogP contribution in [0.25, 0.3) is 0 Å². The lowest BCUT2D eigenvalue weighted by Gasteiger charge is -2.35. The monoisotopic (exact) mass is 384 g/mol. The molecule has 0 aromatic heterocycles. The maximum absolute atomic E-state index is 13.5. The zero-order valence-electron chi connectivity index (χ0n) is 16.1. The first-order valence-corrected chi connectivity index (χ1v) is 10.3. The van der Waals surface area contributed by atoms with E-state index in [1.54, 1.807) is 42.1 Å². The molecule has 8 nitrogen and oxygen atoms in total. The zero-order valence-corrected chi connectivity index (χ0v) is 16.9. The Bertz CT molecular complexity index is 736. The van der Waals surface area contributed by atoms with Crippen molar-refractivity contribution in [3.8, 4) is 0 Å². The molecule has 1 aliphatic heterocycles. The molecule has 1 saturated heterocycles. The van der Waals surface area contributed by atoms with E-state index in [2.05, 4.69) is 0 Å². The summed E-state index contributed by atoms with van der Waals surface area (Å²) in [5.74, 6) is 0. The Morgan fingerprint density at radius 1 is 0.923 bits per heavy atom. The summed E-state index contributed by atoms with van der Waals surface area (Å²) in [4.78, 5) is 13.1. The van der Waals surface area contributed by atoms with E-state index < -0.39 is 26.5 Å². The van der Waals surface area contributed by atoms with E-state index in [-0.39, 0.29) is 23.0 Å². The Morgan fingerprint density at radius 2 is 1.42 bits per heavy atom. The largest absolute Gasteiger partial charge is 0.343 e. The Morgan fingerprint density at radius 3 is 1.81 bits per heavy atom. The minimum atomic E-state index is -3.85. The average molecular weight is 385 g/mol. The van der Waals surface area contributed by atoms with Crippen molar-refractivity contribution in [2.45, 2.75) is 76.4 Å². The van der Waals surface area contributed by atoms with E-state index >= 15 is 0 Å². The van der Waals surface area contributed by atoms with Gasteiger partial charge in [-0.05, 0) is 53.7 Å². The van der Waals surface area contributed by atoms with E-state index in [0.29, 0.717) is 0 Å². The van der Waals surface area contributed by atoms with Crippen LogP contribution in [0.5, 0.6) is 0 Å².